The van der Waals surface area contributed by atoms with Crippen LogP contribution in [0.5, 0.6) is 11.5 Å². The number of aliphatic hydroxyl groups excluding tert-OH is 1. The molecule has 0 spiro atoms. The van der Waals surface area contributed by atoms with Gasteiger partial charge in [0, 0.05) is 55.6 Å². The van der Waals surface area contributed by atoms with Gasteiger partial charge in [-0.3, -0.25) is 24.3 Å². The number of rotatable bonds is 12. The normalized spacial score (nSPS) is 19.6. The van der Waals surface area contributed by atoms with E-state index in [0.29, 0.717) is 54.4 Å². The number of hydrogen-bond acceptors (Lipinski definition) is 8. The molecule has 1 fully saturated rings. The van der Waals surface area contributed by atoms with E-state index in [1.807, 2.05) is 11.0 Å². The molecule has 0 unspecified atom stereocenters. The lowest BCUT2D eigenvalue weighted by Gasteiger charge is -2.29. The number of aliphatic carboxylic acids is 1. The van der Waals surface area contributed by atoms with Crippen LogP contribution in [0.1, 0.15) is 43.2 Å². The number of aromatic nitrogens is 2. The number of carboxylic acids is 1. The second kappa shape index (κ2) is 13.2. The molecule has 0 radical (unpaired) electrons. The second-order valence-electron chi connectivity index (χ2n) is 10.7. The van der Waals surface area contributed by atoms with Crippen molar-refractivity contribution in [1.29, 1.82) is 0 Å². The maximum absolute atomic E-state index is 13.8. The van der Waals surface area contributed by atoms with Gasteiger partial charge in [-0.2, -0.15) is 0 Å². The number of likely N-dealkylation sites (tertiary alicyclic amines) is 1. The molecule has 0 saturated carbocycles. The summed E-state index contributed by atoms with van der Waals surface area (Å²) < 4.78 is 12.7. The van der Waals surface area contributed by atoms with Gasteiger partial charge in [0.05, 0.1) is 31.0 Å². The Kier molecular flexibility index (Phi) is 9.19. The number of ether oxygens (including phenoxy) is 2. The van der Waals surface area contributed by atoms with Gasteiger partial charge in [-0.05, 0) is 48.7 Å². The Hall–Kier alpha value is -4.22. The fraction of sp³-hybridized carbons (Fsp3) is 0.419. The van der Waals surface area contributed by atoms with Crippen molar-refractivity contribution in [3.8, 4) is 11.5 Å². The number of unbranched alkanes of at least 4 members (excludes halogenated alkanes) is 1. The van der Waals surface area contributed by atoms with Gasteiger partial charge in [-0.15, -0.1) is 0 Å². The van der Waals surface area contributed by atoms with Crippen molar-refractivity contribution in [3.63, 3.8) is 0 Å². The van der Waals surface area contributed by atoms with Crippen molar-refractivity contribution in [2.24, 2.45) is 5.92 Å². The number of carboxylic acid groups (broad SMARTS) is 1. The molecule has 4 heterocycles. The molecule has 2 aliphatic rings. The molecule has 2 aliphatic heterocycles. The standard InChI is InChI=1S/C31H36N4O7/c1-2-3-12-35(23-7-6-10-32-16-23)28(38)18-34-17-24(21-14-22(19-36)30-26(15-21)41-20-42-30)29(31(39)40)25(34)9-13-33-11-5-4-8-27(33)37/h4-8,10-11,14-16,24-25,29,36H,2-3,9,12-13,17-20H2,1H3,(H,39,40)/t24-,25+,29-/m1/s1. The van der Waals surface area contributed by atoms with Gasteiger partial charge in [0.1, 0.15) is 0 Å². The number of benzene rings is 1. The van der Waals surface area contributed by atoms with Gasteiger partial charge in [-0.1, -0.05) is 19.4 Å². The molecule has 222 valence electrons. The lowest BCUT2D eigenvalue weighted by atomic mass is 9.83. The summed E-state index contributed by atoms with van der Waals surface area (Å²) in [4.78, 5) is 47.0. The highest BCUT2D eigenvalue weighted by Crippen LogP contribution is 2.44. The van der Waals surface area contributed by atoms with Crippen molar-refractivity contribution in [3.05, 3.63) is 82.5 Å². The average molecular weight is 577 g/mol. The highest BCUT2D eigenvalue weighted by molar-refractivity contribution is 5.94. The monoisotopic (exact) mass is 576 g/mol. The Morgan fingerprint density at radius 3 is 2.74 bits per heavy atom. The van der Waals surface area contributed by atoms with Crippen molar-refractivity contribution < 1.29 is 29.3 Å². The fourth-order valence-electron chi connectivity index (χ4n) is 6.03. The molecule has 11 nitrogen and oxygen atoms in total. The molecule has 5 rings (SSSR count). The first-order valence-electron chi connectivity index (χ1n) is 14.3. The number of carbonyl (C=O) groups excluding carboxylic acids is 1. The third kappa shape index (κ3) is 6.17. The maximum atomic E-state index is 13.8. The molecular weight excluding hydrogens is 540 g/mol. The van der Waals surface area contributed by atoms with Crippen LogP contribution >= 0.6 is 0 Å². The van der Waals surface area contributed by atoms with Gasteiger partial charge in [0.15, 0.2) is 11.5 Å². The van der Waals surface area contributed by atoms with Crippen LogP contribution in [0.15, 0.2) is 65.8 Å². The van der Waals surface area contributed by atoms with Crippen LogP contribution in [0.4, 0.5) is 5.69 Å². The van der Waals surface area contributed by atoms with E-state index in [2.05, 4.69) is 11.9 Å². The highest BCUT2D eigenvalue weighted by atomic mass is 16.7. The van der Waals surface area contributed by atoms with E-state index >= 15 is 0 Å². The van der Waals surface area contributed by atoms with Gasteiger partial charge < -0.3 is 29.2 Å². The highest BCUT2D eigenvalue weighted by Gasteiger charge is 2.47. The molecule has 11 heteroatoms. The lowest BCUT2D eigenvalue weighted by molar-refractivity contribution is -0.143. The van der Waals surface area contributed by atoms with E-state index in [-0.39, 0.29) is 31.4 Å². The molecule has 2 aromatic heterocycles. The van der Waals surface area contributed by atoms with Gasteiger partial charge in [0.25, 0.3) is 0 Å². The van der Waals surface area contributed by atoms with Gasteiger partial charge in [0.2, 0.25) is 18.3 Å². The van der Waals surface area contributed by atoms with Crippen LogP contribution in [0.2, 0.25) is 0 Å². The van der Waals surface area contributed by atoms with E-state index in [9.17, 15) is 24.6 Å². The summed E-state index contributed by atoms with van der Waals surface area (Å²) >= 11 is 0. The summed E-state index contributed by atoms with van der Waals surface area (Å²) in [5, 5.41) is 20.5. The van der Waals surface area contributed by atoms with Crippen LogP contribution in [-0.2, 0) is 22.7 Å². The number of anilines is 1. The average Bonchev–Trinajstić information content (AvgIpc) is 3.62. The summed E-state index contributed by atoms with van der Waals surface area (Å²) in [5.74, 6) is -1.57. The Bertz CT molecular complexity index is 1460. The molecule has 3 aromatic rings. The summed E-state index contributed by atoms with van der Waals surface area (Å²) in [5.41, 5.74) is 1.74. The molecule has 3 atom stereocenters. The van der Waals surface area contributed by atoms with Crippen LogP contribution in [0.25, 0.3) is 0 Å². The molecule has 42 heavy (non-hydrogen) atoms. The topological polar surface area (TPSA) is 134 Å². The molecule has 0 bridgehead atoms. The number of carbonyl (C=O) groups is 2. The minimum atomic E-state index is -0.987. The third-order valence-corrected chi connectivity index (χ3v) is 8.10. The molecule has 1 saturated heterocycles. The van der Waals surface area contributed by atoms with Crippen molar-refractivity contribution in [2.45, 2.75) is 51.3 Å². The zero-order chi connectivity index (χ0) is 29.6. The number of aliphatic hydroxyl groups is 1. The second-order valence-corrected chi connectivity index (χ2v) is 10.7. The number of fused-ring (bicyclic) bond motifs is 1. The molecule has 1 aromatic carbocycles. The van der Waals surface area contributed by atoms with Crippen LogP contribution in [0.3, 0.4) is 0 Å². The number of amides is 1. The minimum Gasteiger partial charge on any atom is -0.481 e. The Balaban J connectivity index is 1.48. The predicted octanol–water partition coefficient (Wildman–Crippen LogP) is 2.86. The van der Waals surface area contributed by atoms with Gasteiger partial charge >= 0.3 is 5.97 Å². The SMILES string of the molecule is CCCCN(C(=O)CN1C[C@H](c2cc(CO)c3c(c2)OCO3)[C@@H](C(=O)O)[C@@H]1CCn1ccccc1=O)c1cccnc1. The van der Waals surface area contributed by atoms with Crippen LogP contribution < -0.4 is 19.9 Å². The Morgan fingerprint density at radius 1 is 1.17 bits per heavy atom. The Morgan fingerprint density at radius 2 is 2.02 bits per heavy atom. The Labute approximate surface area is 243 Å². The first kappa shape index (κ1) is 29.3. The quantitative estimate of drug-likeness (QED) is 0.334. The molecular formula is C31H36N4O7. The maximum Gasteiger partial charge on any atom is 0.308 e. The summed E-state index contributed by atoms with van der Waals surface area (Å²) in [6.07, 6.45) is 7.06. The van der Waals surface area contributed by atoms with Crippen molar-refractivity contribution in [1.82, 2.24) is 14.5 Å². The van der Waals surface area contributed by atoms with E-state index < -0.39 is 23.8 Å². The van der Waals surface area contributed by atoms with Crippen molar-refractivity contribution >= 4 is 17.6 Å². The zero-order valence-electron chi connectivity index (χ0n) is 23.6. The van der Waals surface area contributed by atoms with Gasteiger partial charge in [-0.25, -0.2) is 0 Å². The first-order valence-corrected chi connectivity index (χ1v) is 14.3. The zero-order valence-corrected chi connectivity index (χ0v) is 23.6. The van der Waals surface area contributed by atoms with Crippen LogP contribution in [-0.4, -0.2) is 69.0 Å². The van der Waals surface area contributed by atoms with E-state index in [1.165, 1.54) is 6.07 Å². The number of hydrogen-bond donors (Lipinski definition) is 2. The fourth-order valence-corrected chi connectivity index (χ4v) is 6.03. The molecule has 1 amide bonds. The number of aryl methyl sites for hydroxylation is 1. The van der Waals surface area contributed by atoms with E-state index in [1.54, 1.807) is 58.4 Å². The third-order valence-electron chi connectivity index (χ3n) is 8.10. The summed E-state index contributed by atoms with van der Waals surface area (Å²) in [6, 6.07) is 11.5. The largest absolute Gasteiger partial charge is 0.481 e. The number of nitrogens with zero attached hydrogens (tertiary/aromatic N) is 4. The first-order chi connectivity index (χ1) is 20.4. The lowest BCUT2D eigenvalue weighted by Crippen LogP contribution is -2.45. The van der Waals surface area contributed by atoms with Crippen molar-refractivity contribution in [2.75, 3.05) is 31.3 Å². The number of pyridine rings is 2. The minimum absolute atomic E-state index is 0.00462. The summed E-state index contributed by atoms with van der Waals surface area (Å²) in [6.45, 7) is 2.92. The molecule has 0 aliphatic carbocycles. The summed E-state index contributed by atoms with van der Waals surface area (Å²) in [7, 11) is 0. The smallest absolute Gasteiger partial charge is 0.308 e. The predicted molar refractivity (Wildman–Crippen MR) is 155 cm³/mol. The molecule has 2 N–H and O–H groups in total. The van der Waals surface area contributed by atoms with E-state index in [4.69, 9.17) is 9.47 Å². The van der Waals surface area contributed by atoms with E-state index in [0.717, 1.165) is 12.8 Å². The van der Waals surface area contributed by atoms with Crippen LogP contribution in [0, 0.1) is 5.92 Å².